The van der Waals surface area contributed by atoms with Crippen LogP contribution in [0.25, 0.3) is 18.3 Å². The molecule has 0 bridgehead atoms. The molecule has 3 rings (SSSR count). The van der Waals surface area contributed by atoms with Gasteiger partial charge in [-0.1, -0.05) is 30.8 Å². The second kappa shape index (κ2) is 7.14. The summed E-state index contributed by atoms with van der Waals surface area (Å²) in [5, 5.41) is 14.6. The molecule has 0 saturated carbocycles. The van der Waals surface area contributed by atoms with E-state index in [-0.39, 0.29) is 11.1 Å². The Morgan fingerprint density at radius 1 is 1.19 bits per heavy atom. The summed E-state index contributed by atoms with van der Waals surface area (Å²) in [4.78, 5) is 23.5. The van der Waals surface area contributed by atoms with E-state index in [0.717, 1.165) is 11.3 Å². The van der Waals surface area contributed by atoms with E-state index in [9.17, 15) is 14.7 Å². The Kier molecular flexibility index (Phi) is 4.75. The topological polar surface area (TPSA) is 87.1 Å². The Labute approximate surface area is 149 Å². The van der Waals surface area contributed by atoms with E-state index < -0.39 is 5.97 Å². The van der Waals surface area contributed by atoms with Gasteiger partial charge in [-0.2, -0.15) is 0 Å². The highest BCUT2D eigenvalue weighted by Crippen LogP contribution is 2.12. The Bertz CT molecular complexity index is 1090. The van der Waals surface area contributed by atoms with Gasteiger partial charge in [0.15, 0.2) is 0 Å². The van der Waals surface area contributed by atoms with E-state index >= 15 is 0 Å². The number of carboxylic acid groups (broad SMARTS) is 1. The number of aromatic nitrogens is 2. The molecule has 1 heterocycles. The number of carbonyl (C=O) groups excluding carboxylic acids is 1. The number of H-pyrrole nitrogens is 1. The third kappa shape index (κ3) is 3.44. The quantitative estimate of drug-likeness (QED) is 0.711. The minimum Gasteiger partial charge on any atom is -0.545 e. The monoisotopic (exact) mass is 349 g/mol. The van der Waals surface area contributed by atoms with Crippen LogP contribution >= 0.6 is 0 Å². The molecule has 0 aliphatic rings. The number of carbonyl (C=O) groups is 1. The fourth-order valence-electron chi connectivity index (χ4n) is 2.57. The van der Waals surface area contributed by atoms with Crippen LogP contribution in [-0.4, -0.2) is 22.4 Å². The number of nitrogens with one attached hydrogen (secondary N) is 1. The Hall–Kier alpha value is -3.54. The van der Waals surface area contributed by atoms with Crippen LogP contribution in [0, 0.1) is 0 Å². The second-order valence-corrected chi connectivity index (χ2v) is 5.63. The van der Waals surface area contributed by atoms with Crippen molar-refractivity contribution in [2.24, 2.45) is 0 Å². The maximum Gasteiger partial charge on any atom is 0.279 e. The third-order valence-corrected chi connectivity index (χ3v) is 3.87. The summed E-state index contributed by atoms with van der Waals surface area (Å²) in [6.45, 7) is 6.38. The minimum absolute atomic E-state index is 0.0457. The van der Waals surface area contributed by atoms with Gasteiger partial charge in [0, 0.05) is 0 Å². The van der Waals surface area contributed by atoms with Crippen molar-refractivity contribution in [2.45, 2.75) is 6.92 Å². The number of nitrogens with zero attached hydrogens (tertiary/aromatic N) is 1. The van der Waals surface area contributed by atoms with Crippen LogP contribution in [0.1, 0.15) is 22.8 Å². The van der Waals surface area contributed by atoms with Gasteiger partial charge in [0.05, 0.1) is 28.8 Å². The Morgan fingerprint density at radius 2 is 1.85 bits per heavy atom. The van der Waals surface area contributed by atoms with E-state index in [4.69, 9.17) is 4.74 Å². The van der Waals surface area contributed by atoms with Gasteiger partial charge in [0.2, 0.25) is 0 Å². The van der Waals surface area contributed by atoms with Gasteiger partial charge in [0.1, 0.15) is 5.75 Å². The van der Waals surface area contributed by atoms with Crippen LogP contribution in [0.3, 0.4) is 0 Å². The first-order valence-electron chi connectivity index (χ1n) is 8.06. The van der Waals surface area contributed by atoms with E-state index in [1.807, 2.05) is 31.2 Å². The molecule has 0 atom stereocenters. The standard InChI is InChI=1S/C20H18N2O4/c1-3-26-17-10-4-14(5-11-17)12-18-13(2)21-22(19(18)23)16-8-6-15(7-9-16)20(24)25/h4-12,21H,2-3H2,1H3,(H,24,25)/p-1/b18-12-. The molecule has 26 heavy (non-hydrogen) atoms. The fraction of sp³-hybridized carbons (Fsp3) is 0.100. The summed E-state index contributed by atoms with van der Waals surface area (Å²) in [5.74, 6) is -0.503. The second-order valence-electron chi connectivity index (χ2n) is 5.63. The van der Waals surface area contributed by atoms with Gasteiger partial charge in [-0.25, -0.2) is 4.68 Å². The van der Waals surface area contributed by atoms with Gasteiger partial charge in [-0.15, -0.1) is 0 Å². The summed E-state index contributed by atoms with van der Waals surface area (Å²) in [7, 11) is 0. The van der Waals surface area contributed by atoms with Crippen LogP contribution in [0.5, 0.6) is 5.75 Å². The lowest BCUT2D eigenvalue weighted by molar-refractivity contribution is -0.255. The lowest BCUT2D eigenvalue weighted by Crippen LogP contribution is -2.34. The molecule has 1 N–H and O–H groups in total. The van der Waals surface area contributed by atoms with Crippen LogP contribution < -0.4 is 26.0 Å². The number of ether oxygens (including phenoxy) is 1. The van der Waals surface area contributed by atoms with Crippen molar-refractivity contribution in [3.8, 4) is 11.4 Å². The summed E-state index contributed by atoms with van der Waals surface area (Å²) >= 11 is 0. The molecule has 132 valence electrons. The highest BCUT2D eigenvalue weighted by molar-refractivity contribution is 5.85. The number of aromatic carboxylic acids is 1. The first-order chi connectivity index (χ1) is 12.5. The zero-order valence-corrected chi connectivity index (χ0v) is 14.2. The molecule has 0 aliphatic carbocycles. The Balaban J connectivity index is 2.01. The summed E-state index contributed by atoms with van der Waals surface area (Å²) in [6, 6.07) is 13.2. The number of hydrogen-bond acceptors (Lipinski definition) is 4. The normalized spacial score (nSPS) is 11.5. The van der Waals surface area contributed by atoms with E-state index in [1.165, 1.54) is 28.9 Å². The minimum atomic E-state index is -1.27. The molecule has 0 amide bonds. The van der Waals surface area contributed by atoms with Crippen molar-refractivity contribution in [1.82, 2.24) is 9.78 Å². The molecular weight excluding hydrogens is 332 g/mol. The summed E-state index contributed by atoms with van der Waals surface area (Å²) in [6.07, 6.45) is 1.74. The average Bonchev–Trinajstić information content (AvgIpc) is 2.92. The predicted octanol–water partition coefficient (Wildman–Crippen LogP) is 0.167. The van der Waals surface area contributed by atoms with Crippen molar-refractivity contribution in [3.63, 3.8) is 0 Å². The lowest BCUT2D eigenvalue weighted by atomic mass is 10.2. The zero-order valence-electron chi connectivity index (χ0n) is 14.2. The lowest BCUT2D eigenvalue weighted by Gasteiger charge is -2.04. The molecule has 6 heteroatoms. The molecule has 1 aromatic heterocycles. The molecule has 3 aromatic rings. The Morgan fingerprint density at radius 3 is 2.42 bits per heavy atom. The molecule has 0 saturated heterocycles. The van der Waals surface area contributed by atoms with Crippen molar-refractivity contribution in [1.29, 1.82) is 0 Å². The van der Waals surface area contributed by atoms with Gasteiger partial charge >= 0.3 is 0 Å². The molecule has 0 spiro atoms. The molecule has 0 fully saturated rings. The van der Waals surface area contributed by atoms with Crippen molar-refractivity contribution >= 4 is 18.6 Å². The van der Waals surface area contributed by atoms with Gasteiger partial charge in [-0.05, 0) is 48.4 Å². The molecule has 0 aliphatic heterocycles. The van der Waals surface area contributed by atoms with Gasteiger partial charge in [0.25, 0.3) is 5.56 Å². The molecule has 2 aromatic carbocycles. The van der Waals surface area contributed by atoms with E-state index in [2.05, 4.69) is 11.7 Å². The molecule has 0 unspecified atom stereocenters. The van der Waals surface area contributed by atoms with Crippen LogP contribution in [-0.2, 0) is 0 Å². The molecule has 0 radical (unpaired) electrons. The fourth-order valence-corrected chi connectivity index (χ4v) is 2.57. The van der Waals surface area contributed by atoms with Crippen molar-refractivity contribution in [2.75, 3.05) is 6.61 Å². The SMILES string of the molecule is C=c1[nH]n(-c2ccc(C(=O)[O-])cc2)c(=O)/c1=C\c1ccc(OCC)cc1. The van der Waals surface area contributed by atoms with Crippen LogP contribution in [0.4, 0.5) is 0 Å². The predicted molar refractivity (Wildman–Crippen MR) is 96.7 cm³/mol. The molecule has 6 nitrogen and oxygen atoms in total. The maximum absolute atomic E-state index is 12.7. The summed E-state index contributed by atoms with van der Waals surface area (Å²) in [5.41, 5.74) is 1.12. The first-order valence-corrected chi connectivity index (χ1v) is 8.06. The third-order valence-electron chi connectivity index (χ3n) is 3.87. The van der Waals surface area contributed by atoms with E-state index in [0.29, 0.717) is 22.9 Å². The summed E-state index contributed by atoms with van der Waals surface area (Å²) < 4.78 is 6.72. The number of aromatic amines is 1. The van der Waals surface area contributed by atoms with E-state index in [1.54, 1.807) is 6.08 Å². The maximum atomic E-state index is 12.7. The average molecular weight is 349 g/mol. The van der Waals surface area contributed by atoms with Crippen LogP contribution in [0.2, 0.25) is 0 Å². The van der Waals surface area contributed by atoms with Crippen molar-refractivity contribution < 1.29 is 14.6 Å². The largest absolute Gasteiger partial charge is 0.545 e. The van der Waals surface area contributed by atoms with Gasteiger partial charge < -0.3 is 14.6 Å². The highest BCUT2D eigenvalue weighted by atomic mass is 16.5. The number of rotatable bonds is 5. The van der Waals surface area contributed by atoms with Gasteiger partial charge in [-0.3, -0.25) is 9.89 Å². The number of hydrogen-bond donors (Lipinski definition) is 1. The van der Waals surface area contributed by atoms with Crippen LogP contribution in [0.15, 0.2) is 53.3 Å². The smallest absolute Gasteiger partial charge is 0.279 e. The highest BCUT2D eigenvalue weighted by Gasteiger charge is 2.05. The number of carboxylic acids is 1. The van der Waals surface area contributed by atoms with Crippen molar-refractivity contribution in [3.05, 3.63) is 80.6 Å². The molecular formula is C20H17N2O4-. The zero-order chi connectivity index (χ0) is 18.7. The number of benzene rings is 2. The first kappa shape index (κ1) is 17.3.